The van der Waals surface area contributed by atoms with Gasteiger partial charge in [-0.2, -0.15) is 0 Å². The standard InChI is InChI=1S/C13H17Cl2FN2/c1-7(2)8-3-5-9(6-4-8)13-17-11(14)10(16)12(15)18-13/h7-9H,3-6H2,1-2H3. The highest BCUT2D eigenvalue weighted by molar-refractivity contribution is 6.33. The van der Waals surface area contributed by atoms with Gasteiger partial charge < -0.3 is 0 Å². The number of nitrogens with zero attached hydrogens (tertiary/aromatic N) is 2. The first-order chi connectivity index (χ1) is 8.49. The van der Waals surface area contributed by atoms with Crippen LogP contribution in [0.25, 0.3) is 0 Å². The van der Waals surface area contributed by atoms with Crippen LogP contribution in [0, 0.1) is 17.7 Å². The van der Waals surface area contributed by atoms with Crippen LogP contribution in [0.1, 0.15) is 51.3 Å². The normalized spacial score (nSPS) is 24.6. The van der Waals surface area contributed by atoms with E-state index in [0.29, 0.717) is 11.7 Å². The lowest BCUT2D eigenvalue weighted by Gasteiger charge is -2.30. The fourth-order valence-electron chi connectivity index (χ4n) is 2.64. The summed E-state index contributed by atoms with van der Waals surface area (Å²) in [6.45, 7) is 4.51. The van der Waals surface area contributed by atoms with E-state index >= 15 is 0 Å². The van der Waals surface area contributed by atoms with E-state index in [4.69, 9.17) is 23.2 Å². The van der Waals surface area contributed by atoms with Crippen molar-refractivity contribution in [3.8, 4) is 0 Å². The van der Waals surface area contributed by atoms with Gasteiger partial charge in [0.1, 0.15) is 5.82 Å². The van der Waals surface area contributed by atoms with Crippen LogP contribution in [-0.2, 0) is 0 Å². The smallest absolute Gasteiger partial charge is 0.197 e. The highest BCUT2D eigenvalue weighted by Crippen LogP contribution is 2.38. The van der Waals surface area contributed by atoms with E-state index in [9.17, 15) is 4.39 Å². The molecule has 0 atom stereocenters. The Morgan fingerprint density at radius 1 is 1.06 bits per heavy atom. The summed E-state index contributed by atoms with van der Waals surface area (Å²) < 4.78 is 13.3. The first kappa shape index (κ1) is 14.0. The molecule has 5 heteroatoms. The predicted octanol–water partition coefficient (Wildman–Crippen LogP) is 4.85. The molecule has 100 valence electrons. The monoisotopic (exact) mass is 290 g/mol. The van der Waals surface area contributed by atoms with Crippen molar-refractivity contribution in [1.29, 1.82) is 0 Å². The van der Waals surface area contributed by atoms with Crippen LogP contribution in [0.2, 0.25) is 10.3 Å². The molecule has 0 aliphatic heterocycles. The molecule has 0 radical (unpaired) electrons. The Balaban J connectivity index is 2.10. The second-order valence-electron chi connectivity index (χ2n) is 5.33. The van der Waals surface area contributed by atoms with E-state index in [0.717, 1.165) is 31.6 Å². The molecule has 2 nitrogen and oxygen atoms in total. The largest absolute Gasteiger partial charge is 0.218 e. The summed E-state index contributed by atoms with van der Waals surface area (Å²) in [5.74, 6) is 1.61. The quantitative estimate of drug-likeness (QED) is 0.728. The van der Waals surface area contributed by atoms with E-state index in [-0.39, 0.29) is 16.2 Å². The van der Waals surface area contributed by atoms with Gasteiger partial charge in [-0.1, -0.05) is 37.0 Å². The van der Waals surface area contributed by atoms with Crippen LogP contribution >= 0.6 is 23.2 Å². The number of hydrogen-bond acceptors (Lipinski definition) is 2. The third-order valence-electron chi connectivity index (χ3n) is 3.87. The van der Waals surface area contributed by atoms with E-state index in [2.05, 4.69) is 23.8 Å². The summed E-state index contributed by atoms with van der Waals surface area (Å²) in [6, 6.07) is 0. The van der Waals surface area contributed by atoms with Crippen molar-refractivity contribution in [2.45, 2.75) is 45.4 Å². The Morgan fingerprint density at radius 2 is 1.56 bits per heavy atom. The molecule has 0 N–H and O–H groups in total. The molecule has 0 unspecified atom stereocenters. The van der Waals surface area contributed by atoms with Crippen LogP contribution < -0.4 is 0 Å². The highest BCUT2D eigenvalue weighted by atomic mass is 35.5. The average Bonchev–Trinajstić information content (AvgIpc) is 2.35. The Hall–Kier alpha value is -0.410. The minimum Gasteiger partial charge on any atom is -0.218 e. The average molecular weight is 291 g/mol. The van der Waals surface area contributed by atoms with E-state index in [1.165, 1.54) is 0 Å². The zero-order valence-corrected chi connectivity index (χ0v) is 12.1. The van der Waals surface area contributed by atoms with E-state index in [1.54, 1.807) is 0 Å². The number of rotatable bonds is 2. The van der Waals surface area contributed by atoms with Crippen molar-refractivity contribution in [1.82, 2.24) is 9.97 Å². The summed E-state index contributed by atoms with van der Waals surface area (Å²) in [4.78, 5) is 8.04. The molecule has 0 aromatic carbocycles. The molecule has 0 amide bonds. The van der Waals surface area contributed by atoms with Gasteiger partial charge in [-0.15, -0.1) is 0 Å². The van der Waals surface area contributed by atoms with Gasteiger partial charge >= 0.3 is 0 Å². The van der Waals surface area contributed by atoms with Crippen LogP contribution in [0.3, 0.4) is 0 Å². The molecular formula is C13H17Cl2FN2. The predicted molar refractivity (Wildman–Crippen MR) is 71.5 cm³/mol. The zero-order chi connectivity index (χ0) is 13.3. The van der Waals surface area contributed by atoms with Gasteiger partial charge in [0.05, 0.1) is 0 Å². The summed E-state index contributed by atoms with van der Waals surface area (Å²) in [7, 11) is 0. The molecule has 18 heavy (non-hydrogen) atoms. The third kappa shape index (κ3) is 2.94. The fourth-order valence-corrected chi connectivity index (χ4v) is 3.04. The van der Waals surface area contributed by atoms with Crippen LogP contribution in [0.5, 0.6) is 0 Å². The second-order valence-corrected chi connectivity index (χ2v) is 6.05. The van der Waals surface area contributed by atoms with Gasteiger partial charge in [0, 0.05) is 5.92 Å². The van der Waals surface area contributed by atoms with Gasteiger partial charge in [-0.25, -0.2) is 14.4 Å². The minimum atomic E-state index is -0.724. The SMILES string of the molecule is CC(C)C1CCC(c2nc(Cl)c(F)c(Cl)n2)CC1. The number of halogens is 3. The van der Waals surface area contributed by atoms with Crippen LogP contribution in [0.4, 0.5) is 4.39 Å². The van der Waals surface area contributed by atoms with Gasteiger partial charge in [-0.05, 0) is 37.5 Å². The lowest BCUT2D eigenvalue weighted by Crippen LogP contribution is -2.19. The molecule has 1 heterocycles. The maximum absolute atomic E-state index is 13.3. The van der Waals surface area contributed by atoms with Crippen molar-refractivity contribution < 1.29 is 4.39 Å². The van der Waals surface area contributed by atoms with Crippen molar-refractivity contribution >= 4 is 23.2 Å². The molecule has 0 spiro atoms. The lowest BCUT2D eigenvalue weighted by molar-refractivity contribution is 0.254. The molecule has 0 saturated heterocycles. The van der Waals surface area contributed by atoms with Crippen LogP contribution in [0.15, 0.2) is 0 Å². The first-order valence-corrected chi connectivity index (χ1v) is 7.13. The van der Waals surface area contributed by atoms with Gasteiger partial charge in [0.2, 0.25) is 0 Å². The Labute approximate surface area is 117 Å². The van der Waals surface area contributed by atoms with Crippen molar-refractivity contribution in [3.05, 3.63) is 21.9 Å². The molecule has 1 aromatic rings. The Kier molecular flexibility index (Phi) is 4.44. The second kappa shape index (κ2) is 5.70. The molecule has 1 aliphatic rings. The molecule has 0 bridgehead atoms. The maximum atomic E-state index is 13.3. The molecule has 1 aliphatic carbocycles. The summed E-state index contributed by atoms with van der Waals surface area (Å²) in [5.41, 5.74) is 0. The molecule has 1 aromatic heterocycles. The fraction of sp³-hybridized carbons (Fsp3) is 0.692. The van der Waals surface area contributed by atoms with Crippen molar-refractivity contribution in [3.63, 3.8) is 0 Å². The number of aromatic nitrogens is 2. The molecule has 1 saturated carbocycles. The summed E-state index contributed by atoms with van der Waals surface area (Å²) in [6.07, 6.45) is 4.39. The lowest BCUT2D eigenvalue weighted by atomic mass is 9.77. The van der Waals surface area contributed by atoms with Crippen LogP contribution in [-0.4, -0.2) is 9.97 Å². The summed E-state index contributed by atoms with van der Waals surface area (Å²) >= 11 is 11.4. The van der Waals surface area contributed by atoms with Crippen molar-refractivity contribution in [2.75, 3.05) is 0 Å². The van der Waals surface area contributed by atoms with Gasteiger partial charge in [-0.3, -0.25) is 0 Å². The molecular weight excluding hydrogens is 274 g/mol. The maximum Gasteiger partial charge on any atom is 0.197 e. The third-order valence-corrected chi connectivity index (χ3v) is 4.37. The van der Waals surface area contributed by atoms with E-state index in [1.807, 2.05) is 0 Å². The topological polar surface area (TPSA) is 25.8 Å². The summed E-state index contributed by atoms with van der Waals surface area (Å²) in [5, 5.41) is -0.341. The number of hydrogen-bond donors (Lipinski definition) is 0. The van der Waals surface area contributed by atoms with Gasteiger partial charge in [0.25, 0.3) is 0 Å². The van der Waals surface area contributed by atoms with Crippen molar-refractivity contribution in [2.24, 2.45) is 11.8 Å². The first-order valence-electron chi connectivity index (χ1n) is 6.37. The minimum absolute atomic E-state index is 0.170. The Bertz CT molecular complexity index is 406. The van der Waals surface area contributed by atoms with E-state index < -0.39 is 5.82 Å². The van der Waals surface area contributed by atoms with Gasteiger partial charge in [0.15, 0.2) is 16.1 Å². The highest BCUT2D eigenvalue weighted by Gasteiger charge is 2.27. The Morgan fingerprint density at radius 3 is 2.00 bits per heavy atom. The molecule has 1 fully saturated rings. The zero-order valence-electron chi connectivity index (χ0n) is 10.6. The molecule has 2 rings (SSSR count).